The zero-order chi connectivity index (χ0) is 10.7. The summed E-state index contributed by atoms with van der Waals surface area (Å²) >= 11 is 0. The van der Waals surface area contributed by atoms with E-state index in [4.69, 9.17) is 0 Å². The molecule has 0 aromatic rings. The molecule has 3 nitrogen and oxygen atoms in total. The van der Waals surface area contributed by atoms with Gasteiger partial charge in [0.15, 0.2) is 0 Å². The Morgan fingerprint density at radius 3 is 2.33 bits per heavy atom. The third kappa shape index (κ3) is 2.64. The summed E-state index contributed by atoms with van der Waals surface area (Å²) in [5.41, 5.74) is 0. The zero-order valence-electron chi connectivity index (χ0n) is 9.67. The highest BCUT2D eigenvalue weighted by Gasteiger charge is 2.25. The average molecular weight is 210 g/mol. The molecule has 0 spiro atoms. The molecule has 2 amide bonds. The number of hydrogen-bond donors (Lipinski definition) is 1. The van der Waals surface area contributed by atoms with Gasteiger partial charge in [0.1, 0.15) is 0 Å². The van der Waals surface area contributed by atoms with Crippen molar-refractivity contribution in [3.63, 3.8) is 0 Å². The summed E-state index contributed by atoms with van der Waals surface area (Å²) < 4.78 is 0. The van der Waals surface area contributed by atoms with Gasteiger partial charge in [-0.1, -0.05) is 6.42 Å². The molecule has 2 rings (SSSR count). The minimum absolute atomic E-state index is 0.161. The molecule has 0 heterocycles. The van der Waals surface area contributed by atoms with E-state index in [-0.39, 0.29) is 6.03 Å². The van der Waals surface area contributed by atoms with Gasteiger partial charge in [0.2, 0.25) is 0 Å². The minimum Gasteiger partial charge on any atom is -0.335 e. The number of amides is 2. The molecule has 0 aromatic heterocycles. The van der Waals surface area contributed by atoms with Crippen LogP contribution < -0.4 is 5.32 Å². The summed E-state index contributed by atoms with van der Waals surface area (Å²) in [7, 11) is 0. The highest BCUT2D eigenvalue weighted by atomic mass is 16.2. The minimum atomic E-state index is 0.161. The van der Waals surface area contributed by atoms with Crippen molar-refractivity contribution in [2.24, 2.45) is 5.92 Å². The van der Waals surface area contributed by atoms with E-state index in [9.17, 15) is 4.79 Å². The third-order valence-electron chi connectivity index (χ3n) is 3.81. The normalized spacial score (nSPS) is 21.7. The van der Waals surface area contributed by atoms with Crippen molar-refractivity contribution in [2.45, 2.75) is 51.5 Å². The van der Waals surface area contributed by atoms with Gasteiger partial charge in [0, 0.05) is 19.1 Å². The molecule has 0 radical (unpaired) electrons. The van der Waals surface area contributed by atoms with Crippen molar-refractivity contribution in [3.8, 4) is 0 Å². The Kier molecular flexibility index (Phi) is 3.49. The van der Waals surface area contributed by atoms with Crippen molar-refractivity contribution >= 4 is 6.03 Å². The summed E-state index contributed by atoms with van der Waals surface area (Å²) in [6.07, 6.45) is 7.60. The highest BCUT2D eigenvalue weighted by Crippen LogP contribution is 2.27. The van der Waals surface area contributed by atoms with Crippen LogP contribution >= 0.6 is 0 Å². The maximum atomic E-state index is 11.9. The summed E-state index contributed by atoms with van der Waals surface area (Å²) in [4.78, 5) is 13.8. The van der Waals surface area contributed by atoms with E-state index in [1.165, 1.54) is 38.5 Å². The first kappa shape index (κ1) is 10.8. The number of carbonyl (C=O) groups is 1. The SMILES string of the molecule is CCN(CC1CCC1)C(=O)NC1CCC1. The van der Waals surface area contributed by atoms with Crippen LogP contribution in [0.15, 0.2) is 0 Å². The van der Waals surface area contributed by atoms with Crippen molar-refractivity contribution in [1.82, 2.24) is 10.2 Å². The fourth-order valence-electron chi connectivity index (χ4n) is 2.16. The maximum absolute atomic E-state index is 11.9. The monoisotopic (exact) mass is 210 g/mol. The predicted octanol–water partition coefficient (Wildman–Crippen LogP) is 2.37. The van der Waals surface area contributed by atoms with Gasteiger partial charge in [-0.3, -0.25) is 0 Å². The summed E-state index contributed by atoms with van der Waals surface area (Å²) in [6.45, 7) is 3.88. The van der Waals surface area contributed by atoms with Crippen LogP contribution in [0.1, 0.15) is 45.4 Å². The second-order valence-corrected chi connectivity index (χ2v) is 4.91. The predicted molar refractivity (Wildman–Crippen MR) is 60.8 cm³/mol. The zero-order valence-corrected chi connectivity index (χ0v) is 9.67. The number of hydrogen-bond acceptors (Lipinski definition) is 1. The van der Waals surface area contributed by atoms with Gasteiger partial charge < -0.3 is 10.2 Å². The molecule has 2 aliphatic carbocycles. The van der Waals surface area contributed by atoms with Gasteiger partial charge >= 0.3 is 6.03 Å². The van der Waals surface area contributed by atoms with Crippen LogP contribution in [-0.4, -0.2) is 30.1 Å². The molecule has 0 aliphatic heterocycles. The van der Waals surface area contributed by atoms with E-state index in [1.807, 2.05) is 4.90 Å². The Bertz CT molecular complexity index is 222. The molecule has 2 fully saturated rings. The molecular formula is C12H22N2O. The molecular weight excluding hydrogens is 188 g/mol. The topological polar surface area (TPSA) is 32.3 Å². The fourth-order valence-corrected chi connectivity index (χ4v) is 2.16. The summed E-state index contributed by atoms with van der Waals surface area (Å²) in [6, 6.07) is 0.627. The molecule has 15 heavy (non-hydrogen) atoms. The van der Waals surface area contributed by atoms with Gasteiger partial charge in [0.25, 0.3) is 0 Å². The average Bonchev–Trinajstić information content (AvgIpc) is 2.09. The first-order valence-electron chi connectivity index (χ1n) is 6.35. The lowest BCUT2D eigenvalue weighted by atomic mass is 9.85. The van der Waals surface area contributed by atoms with Crippen LogP contribution in [0.25, 0.3) is 0 Å². The fraction of sp³-hybridized carbons (Fsp3) is 0.917. The maximum Gasteiger partial charge on any atom is 0.317 e. The Hall–Kier alpha value is -0.730. The van der Waals surface area contributed by atoms with Crippen LogP contribution in [0, 0.1) is 5.92 Å². The Labute approximate surface area is 92.2 Å². The second-order valence-electron chi connectivity index (χ2n) is 4.91. The van der Waals surface area contributed by atoms with E-state index < -0.39 is 0 Å². The number of nitrogens with one attached hydrogen (secondary N) is 1. The molecule has 0 bridgehead atoms. The molecule has 2 saturated carbocycles. The first-order valence-corrected chi connectivity index (χ1v) is 6.35. The van der Waals surface area contributed by atoms with E-state index in [1.54, 1.807) is 0 Å². The number of carbonyl (C=O) groups excluding carboxylic acids is 1. The van der Waals surface area contributed by atoms with Gasteiger partial charge in [0.05, 0.1) is 0 Å². The van der Waals surface area contributed by atoms with E-state index in [2.05, 4.69) is 12.2 Å². The van der Waals surface area contributed by atoms with E-state index >= 15 is 0 Å². The molecule has 1 N–H and O–H groups in total. The molecule has 3 heteroatoms. The van der Waals surface area contributed by atoms with E-state index in [0.29, 0.717) is 6.04 Å². The lowest BCUT2D eigenvalue weighted by Gasteiger charge is -2.34. The van der Waals surface area contributed by atoms with Gasteiger partial charge in [-0.25, -0.2) is 4.79 Å². The Balaban J connectivity index is 1.73. The standard InChI is InChI=1S/C12H22N2O/c1-2-14(9-10-5-3-6-10)12(15)13-11-7-4-8-11/h10-11H,2-9H2,1H3,(H,13,15). The van der Waals surface area contributed by atoms with Crippen LogP contribution in [0.4, 0.5) is 4.79 Å². The summed E-state index contributed by atoms with van der Waals surface area (Å²) in [5, 5.41) is 3.11. The molecule has 2 aliphatic rings. The summed E-state index contributed by atoms with van der Waals surface area (Å²) in [5.74, 6) is 0.775. The quantitative estimate of drug-likeness (QED) is 0.759. The van der Waals surface area contributed by atoms with Gasteiger partial charge in [-0.2, -0.15) is 0 Å². The number of urea groups is 1. The second kappa shape index (κ2) is 4.86. The van der Waals surface area contributed by atoms with Crippen molar-refractivity contribution < 1.29 is 4.79 Å². The van der Waals surface area contributed by atoms with Crippen molar-refractivity contribution in [2.75, 3.05) is 13.1 Å². The van der Waals surface area contributed by atoms with Crippen LogP contribution in [0.5, 0.6) is 0 Å². The lowest BCUT2D eigenvalue weighted by Crippen LogP contribution is -2.49. The van der Waals surface area contributed by atoms with Crippen molar-refractivity contribution in [3.05, 3.63) is 0 Å². The molecule has 0 aromatic carbocycles. The van der Waals surface area contributed by atoms with Gasteiger partial charge in [-0.15, -0.1) is 0 Å². The smallest absolute Gasteiger partial charge is 0.317 e. The Morgan fingerprint density at radius 1 is 1.27 bits per heavy atom. The van der Waals surface area contributed by atoms with E-state index in [0.717, 1.165) is 19.0 Å². The van der Waals surface area contributed by atoms with Crippen LogP contribution in [0.2, 0.25) is 0 Å². The first-order chi connectivity index (χ1) is 7.29. The number of rotatable bonds is 4. The molecule has 86 valence electrons. The highest BCUT2D eigenvalue weighted by molar-refractivity contribution is 5.74. The van der Waals surface area contributed by atoms with Crippen LogP contribution in [-0.2, 0) is 0 Å². The van der Waals surface area contributed by atoms with Gasteiger partial charge in [-0.05, 0) is 44.9 Å². The molecule has 0 atom stereocenters. The third-order valence-corrected chi connectivity index (χ3v) is 3.81. The lowest BCUT2D eigenvalue weighted by molar-refractivity contribution is 0.163. The molecule has 0 unspecified atom stereocenters. The largest absolute Gasteiger partial charge is 0.335 e. The van der Waals surface area contributed by atoms with Crippen LogP contribution in [0.3, 0.4) is 0 Å². The van der Waals surface area contributed by atoms with Crippen molar-refractivity contribution in [1.29, 1.82) is 0 Å². The number of nitrogens with zero attached hydrogens (tertiary/aromatic N) is 1. The Morgan fingerprint density at radius 2 is 1.93 bits per heavy atom. The molecule has 0 saturated heterocycles.